The molecule has 0 aromatic rings. The zero-order valence-corrected chi connectivity index (χ0v) is 12.7. The average molecular weight is 269 g/mol. The van der Waals surface area contributed by atoms with E-state index < -0.39 is 5.97 Å². The monoisotopic (exact) mass is 269 g/mol. The van der Waals surface area contributed by atoms with Crippen molar-refractivity contribution < 1.29 is 9.90 Å². The second kappa shape index (κ2) is 9.35. The number of hydrogen-bond donors (Lipinski definition) is 1. The molecule has 1 saturated heterocycles. The highest BCUT2D eigenvalue weighted by Gasteiger charge is 2.33. The number of aliphatic carboxylic acids is 1. The SMILES string of the molecule is CCCCCCCCCCN1CC(C)C(C(=O)O)C1. The Bertz CT molecular complexity index is 255. The number of carbonyl (C=O) groups is 1. The van der Waals surface area contributed by atoms with Crippen LogP contribution in [0.5, 0.6) is 0 Å². The zero-order chi connectivity index (χ0) is 14.1. The predicted octanol–water partition coefficient (Wildman–Crippen LogP) is 3.78. The first-order chi connectivity index (χ1) is 9.15. The van der Waals surface area contributed by atoms with Gasteiger partial charge in [-0.05, 0) is 18.9 Å². The van der Waals surface area contributed by atoms with E-state index in [1.165, 1.54) is 51.4 Å². The largest absolute Gasteiger partial charge is 0.481 e. The Morgan fingerprint density at radius 3 is 2.16 bits per heavy atom. The Balaban J connectivity index is 1.97. The van der Waals surface area contributed by atoms with Crippen LogP contribution in [0.2, 0.25) is 0 Å². The van der Waals surface area contributed by atoms with Crippen LogP contribution in [-0.4, -0.2) is 35.6 Å². The number of hydrogen-bond acceptors (Lipinski definition) is 2. The Labute approximate surface area is 118 Å². The van der Waals surface area contributed by atoms with Crippen molar-refractivity contribution in [2.24, 2.45) is 11.8 Å². The van der Waals surface area contributed by atoms with E-state index in [9.17, 15) is 4.79 Å². The molecule has 0 spiro atoms. The zero-order valence-electron chi connectivity index (χ0n) is 12.7. The Kier molecular flexibility index (Phi) is 8.11. The Morgan fingerprint density at radius 2 is 1.63 bits per heavy atom. The van der Waals surface area contributed by atoms with Crippen LogP contribution < -0.4 is 0 Å². The third-order valence-corrected chi connectivity index (χ3v) is 4.33. The number of carboxylic acid groups (broad SMARTS) is 1. The molecule has 0 aromatic carbocycles. The van der Waals surface area contributed by atoms with Gasteiger partial charge in [-0.25, -0.2) is 0 Å². The van der Waals surface area contributed by atoms with Crippen molar-refractivity contribution in [2.45, 2.75) is 65.2 Å². The lowest BCUT2D eigenvalue weighted by atomic mass is 9.99. The molecule has 112 valence electrons. The second-order valence-corrected chi connectivity index (χ2v) is 6.16. The van der Waals surface area contributed by atoms with E-state index in [1.54, 1.807) is 0 Å². The van der Waals surface area contributed by atoms with E-state index in [2.05, 4.69) is 18.7 Å². The molecule has 1 rings (SSSR count). The van der Waals surface area contributed by atoms with Crippen molar-refractivity contribution in [1.29, 1.82) is 0 Å². The molecule has 1 heterocycles. The average Bonchev–Trinajstić information content (AvgIpc) is 2.74. The maximum absolute atomic E-state index is 11.0. The van der Waals surface area contributed by atoms with E-state index in [1.807, 2.05) is 0 Å². The first-order valence-electron chi connectivity index (χ1n) is 8.10. The summed E-state index contributed by atoms with van der Waals surface area (Å²) in [6.07, 6.45) is 10.7. The topological polar surface area (TPSA) is 40.5 Å². The highest BCUT2D eigenvalue weighted by molar-refractivity contribution is 5.71. The standard InChI is InChI=1S/C16H31NO2/c1-3-4-5-6-7-8-9-10-11-17-12-14(2)15(13-17)16(18)19/h14-15H,3-13H2,1-2H3,(H,18,19). The van der Waals surface area contributed by atoms with Crippen molar-refractivity contribution in [3.8, 4) is 0 Å². The van der Waals surface area contributed by atoms with Gasteiger partial charge in [-0.1, -0.05) is 58.8 Å². The molecular formula is C16H31NO2. The fourth-order valence-electron chi connectivity index (χ4n) is 3.04. The first kappa shape index (κ1) is 16.5. The van der Waals surface area contributed by atoms with Crippen LogP contribution in [0.3, 0.4) is 0 Å². The van der Waals surface area contributed by atoms with Gasteiger partial charge in [-0.2, -0.15) is 0 Å². The van der Waals surface area contributed by atoms with Gasteiger partial charge in [0.1, 0.15) is 0 Å². The minimum atomic E-state index is -0.620. The highest BCUT2D eigenvalue weighted by Crippen LogP contribution is 2.23. The summed E-state index contributed by atoms with van der Waals surface area (Å²) in [5.74, 6) is -0.452. The number of unbranched alkanes of at least 4 members (excludes halogenated alkanes) is 7. The molecule has 0 aromatic heterocycles. The van der Waals surface area contributed by atoms with Crippen LogP contribution in [-0.2, 0) is 4.79 Å². The fraction of sp³-hybridized carbons (Fsp3) is 0.938. The van der Waals surface area contributed by atoms with Crippen molar-refractivity contribution in [3.63, 3.8) is 0 Å². The van der Waals surface area contributed by atoms with E-state index in [0.717, 1.165) is 19.6 Å². The van der Waals surface area contributed by atoms with Gasteiger partial charge in [-0.15, -0.1) is 0 Å². The summed E-state index contributed by atoms with van der Waals surface area (Å²) in [5.41, 5.74) is 0. The Morgan fingerprint density at radius 1 is 1.05 bits per heavy atom. The van der Waals surface area contributed by atoms with Gasteiger partial charge in [0, 0.05) is 13.1 Å². The van der Waals surface area contributed by atoms with Gasteiger partial charge < -0.3 is 10.0 Å². The van der Waals surface area contributed by atoms with Crippen LogP contribution in [0.25, 0.3) is 0 Å². The molecule has 0 radical (unpaired) electrons. The van der Waals surface area contributed by atoms with Crippen LogP contribution in [0.4, 0.5) is 0 Å². The molecule has 0 aliphatic carbocycles. The van der Waals surface area contributed by atoms with Crippen molar-refractivity contribution >= 4 is 5.97 Å². The van der Waals surface area contributed by atoms with E-state index in [-0.39, 0.29) is 5.92 Å². The minimum absolute atomic E-state index is 0.144. The summed E-state index contributed by atoms with van der Waals surface area (Å²) in [6, 6.07) is 0. The van der Waals surface area contributed by atoms with E-state index in [4.69, 9.17) is 5.11 Å². The van der Waals surface area contributed by atoms with E-state index in [0.29, 0.717) is 5.92 Å². The molecule has 0 amide bonds. The highest BCUT2D eigenvalue weighted by atomic mass is 16.4. The van der Waals surface area contributed by atoms with Gasteiger partial charge in [0.15, 0.2) is 0 Å². The maximum atomic E-state index is 11.0. The smallest absolute Gasteiger partial charge is 0.308 e. The molecule has 2 atom stereocenters. The van der Waals surface area contributed by atoms with Crippen molar-refractivity contribution in [3.05, 3.63) is 0 Å². The molecule has 0 bridgehead atoms. The van der Waals surface area contributed by atoms with Gasteiger partial charge in [0.25, 0.3) is 0 Å². The lowest BCUT2D eigenvalue weighted by Gasteiger charge is -2.14. The van der Waals surface area contributed by atoms with Gasteiger partial charge in [0.2, 0.25) is 0 Å². The normalized spacial score (nSPS) is 23.9. The molecule has 3 heteroatoms. The number of nitrogens with zero attached hydrogens (tertiary/aromatic N) is 1. The van der Waals surface area contributed by atoms with Gasteiger partial charge >= 0.3 is 5.97 Å². The summed E-state index contributed by atoms with van der Waals surface area (Å²) in [7, 11) is 0. The lowest BCUT2D eigenvalue weighted by Crippen LogP contribution is -2.24. The summed E-state index contributed by atoms with van der Waals surface area (Å²) in [4.78, 5) is 13.4. The maximum Gasteiger partial charge on any atom is 0.308 e. The molecule has 2 unspecified atom stereocenters. The molecule has 1 fully saturated rings. The number of rotatable bonds is 10. The summed E-state index contributed by atoms with van der Waals surface area (Å²) in [6.45, 7) is 7.12. The summed E-state index contributed by atoms with van der Waals surface area (Å²) >= 11 is 0. The predicted molar refractivity (Wildman–Crippen MR) is 79.3 cm³/mol. The van der Waals surface area contributed by atoms with Crippen LogP contribution in [0.1, 0.15) is 65.2 Å². The van der Waals surface area contributed by atoms with Gasteiger partial charge in [0.05, 0.1) is 5.92 Å². The molecule has 0 saturated carbocycles. The molecule has 1 aliphatic heterocycles. The summed E-state index contributed by atoms with van der Waals surface area (Å²) < 4.78 is 0. The molecule has 19 heavy (non-hydrogen) atoms. The fourth-order valence-corrected chi connectivity index (χ4v) is 3.04. The van der Waals surface area contributed by atoms with Gasteiger partial charge in [-0.3, -0.25) is 4.79 Å². The quantitative estimate of drug-likeness (QED) is 0.614. The van der Waals surface area contributed by atoms with Crippen LogP contribution >= 0.6 is 0 Å². The Hall–Kier alpha value is -0.570. The molecule has 1 aliphatic rings. The summed E-state index contributed by atoms with van der Waals surface area (Å²) in [5, 5.41) is 9.09. The third kappa shape index (κ3) is 6.42. The first-order valence-corrected chi connectivity index (χ1v) is 8.10. The number of carboxylic acids is 1. The van der Waals surface area contributed by atoms with Crippen molar-refractivity contribution in [2.75, 3.05) is 19.6 Å². The van der Waals surface area contributed by atoms with Crippen LogP contribution in [0, 0.1) is 11.8 Å². The lowest BCUT2D eigenvalue weighted by molar-refractivity contribution is -0.142. The molecule has 3 nitrogen and oxygen atoms in total. The third-order valence-electron chi connectivity index (χ3n) is 4.33. The number of likely N-dealkylation sites (tertiary alicyclic amines) is 1. The van der Waals surface area contributed by atoms with Crippen LogP contribution in [0.15, 0.2) is 0 Å². The molecule has 1 N–H and O–H groups in total. The van der Waals surface area contributed by atoms with Crippen molar-refractivity contribution in [1.82, 2.24) is 4.90 Å². The second-order valence-electron chi connectivity index (χ2n) is 6.16. The van der Waals surface area contributed by atoms with E-state index >= 15 is 0 Å². The molecular weight excluding hydrogens is 238 g/mol. The minimum Gasteiger partial charge on any atom is -0.481 e.